The zero-order valence-electron chi connectivity index (χ0n) is 17.1. The van der Waals surface area contributed by atoms with Gasteiger partial charge in [0.25, 0.3) is 0 Å². The highest BCUT2D eigenvalue weighted by atomic mass is 35.5. The molecule has 0 aliphatic carbocycles. The zero-order chi connectivity index (χ0) is 22.6. The highest BCUT2D eigenvalue weighted by molar-refractivity contribution is 6.35. The molecule has 4 rings (SSSR count). The summed E-state index contributed by atoms with van der Waals surface area (Å²) in [6.07, 6.45) is -1.75. The third-order valence-corrected chi connectivity index (χ3v) is 5.34. The number of hydrogen-bond donors (Lipinski definition) is 0. The highest BCUT2D eigenvalue weighted by Gasteiger charge is 2.34. The minimum absolute atomic E-state index is 0.125. The molecule has 2 aromatic carbocycles. The molecule has 2 heterocycles. The molecule has 164 valence electrons. The summed E-state index contributed by atoms with van der Waals surface area (Å²) in [5, 5.41) is 1.20. The van der Waals surface area contributed by atoms with Gasteiger partial charge in [0.15, 0.2) is 0 Å². The molecule has 0 aliphatic heterocycles. The van der Waals surface area contributed by atoms with E-state index in [1.54, 1.807) is 24.3 Å². The van der Waals surface area contributed by atoms with E-state index < -0.39 is 11.7 Å². The number of fused-ring (bicyclic) bond motifs is 1. The van der Waals surface area contributed by atoms with Crippen molar-refractivity contribution >= 4 is 22.5 Å². The Morgan fingerprint density at radius 2 is 1.75 bits per heavy atom. The van der Waals surface area contributed by atoms with Crippen molar-refractivity contribution < 1.29 is 17.9 Å². The standard InChI is InChI=1S/C25H20ClF3N2O/c26-22-15-19(8-5-13-32-16-17-6-2-1-3-7-17)31-23-14-18(10-11-20(22)23)24-21(25(27,28)29)9-4-12-30-24/h1-4,6-7,9-12,14-15H,5,8,13,16H2. The van der Waals surface area contributed by atoms with E-state index in [1.165, 1.54) is 12.3 Å². The number of aromatic nitrogens is 2. The molecule has 0 bridgehead atoms. The number of alkyl halides is 3. The van der Waals surface area contributed by atoms with Crippen LogP contribution in [0.15, 0.2) is 72.9 Å². The van der Waals surface area contributed by atoms with Crippen molar-refractivity contribution in [1.29, 1.82) is 0 Å². The van der Waals surface area contributed by atoms with Gasteiger partial charge in [-0.3, -0.25) is 9.97 Å². The predicted octanol–water partition coefficient (Wildman–Crippen LogP) is 7.12. The lowest BCUT2D eigenvalue weighted by Gasteiger charge is -2.13. The molecule has 0 spiro atoms. The zero-order valence-corrected chi connectivity index (χ0v) is 17.8. The van der Waals surface area contributed by atoms with Gasteiger partial charge in [-0.2, -0.15) is 13.2 Å². The molecule has 4 aromatic rings. The summed E-state index contributed by atoms with van der Waals surface area (Å²) >= 11 is 6.42. The van der Waals surface area contributed by atoms with E-state index in [0.717, 1.165) is 23.7 Å². The van der Waals surface area contributed by atoms with E-state index >= 15 is 0 Å². The first-order valence-electron chi connectivity index (χ1n) is 10.2. The minimum Gasteiger partial charge on any atom is -0.377 e. The maximum absolute atomic E-state index is 13.4. The van der Waals surface area contributed by atoms with E-state index in [0.29, 0.717) is 41.1 Å². The van der Waals surface area contributed by atoms with Crippen molar-refractivity contribution in [3.8, 4) is 11.3 Å². The third-order valence-electron chi connectivity index (χ3n) is 5.03. The Labute approximate surface area is 188 Å². The van der Waals surface area contributed by atoms with Crippen LogP contribution in [0, 0.1) is 0 Å². The van der Waals surface area contributed by atoms with Crippen LogP contribution in [0.1, 0.15) is 23.2 Å². The number of rotatable bonds is 7. The summed E-state index contributed by atoms with van der Waals surface area (Å²) in [6, 6.07) is 18.9. The van der Waals surface area contributed by atoms with Crippen LogP contribution in [-0.2, 0) is 23.9 Å². The molecule has 0 atom stereocenters. The Balaban J connectivity index is 1.50. The van der Waals surface area contributed by atoms with Crippen LogP contribution >= 0.6 is 11.6 Å². The number of nitrogens with zero attached hydrogens (tertiary/aromatic N) is 2. The molecule has 0 fully saturated rings. The SMILES string of the molecule is FC(F)(F)c1cccnc1-c1ccc2c(Cl)cc(CCCOCc3ccccc3)nc2c1. The Kier molecular flexibility index (Phi) is 6.72. The van der Waals surface area contributed by atoms with Crippen LogP contribution in [-0.4, -0.2) is 16.6 Å². The van der Waals surface area contributed by atoms with Crippen molar-refractivity contribution in [3.63, 3.8) is 0 Å². The summed E-state index contributed by atoms with van der Waals surface area (Å²) in [7, 11) is 0. The van der Waals surface area contributed by atoms with Gasteiger partial charge in [0.05, 0.1) is 28.4 Å². The lowest BCUT2D eigenvalue weighted by molar-refractivity contribution is -0.137. The van der Waals surface area contributed by atoms with Crippen LogP contribution in [0.4, 0.5) is 13.2 Å². The van der Waals surface area contributed by atoms with Crippen molar-refractivity contribution in [1.82, 2.24) is 9.97 Å². The molecule has 2 aromatic heterocycles. The van der Waals surface area contributed by atoms with Crippen molar-refractivity contribution in [2.75, 3.05) is 6.61 Å². The van der Waals surface area contributed by atoms with Gasteiger partial charge in [0.2, 0.25) is 0 Å². The Morgan fingerprint density at radius 1 is 0.938 bits per heavy atom. The molecule has 0 amide bonds. The maximum Gasteiger partial charge on any atom is 0.418 e. The fraction of sp³-hybridized carbons (Fsp3) is 0.200. The highest BCUT2D eigenvalue weighted by Crippen LogP contribution is 2.37. The van der Waals surface area contributed by atoms with E-state index in [1.807, 2.05) is 30.3 Å². The first-order chi connectivity index (χ1) is 15.4. The molecular formula is C25H20ClF3N2O. The number of pyridine rings is 2. The second-order valence-corrected chi connectivity index (χ2v) is 7.77. The molecule has 0 saturated carbocycles. The van der Waals surface area contributed by atoms with Crippen LogP contribution in [0.2, 0.25) is 5.02 Å². The van der Waals surface area contributed by atoms with Crippen LogP contribution in [0.25, 0.3) is 22.2 Å². The van der Waals surface area contributed by atoms with E-state index in [2.05, 4.69) is 9.97 Å². The second-order valence-electron chi connectivity index (χ2n) is 7.37. The monoisotopic (exact) mass is 456 g/mol. The summed E-state index contributed by atoms with van der Waals surface area (Å²) in [5.41, 5.74) is 1.85. The number of halogens is 4. The van der Waals surface area contributed by atoms with Crippen LogP contribution in [0.3, 0.4) is 0 Å². The van der Waals surface area contributed by atoms with Gasteiger partial charge in [-0.1, -0.05) is 54.1 Å². The molecule has 0 N–H and O–H groups in total. The number of ether oxygens (including phenoxy) is 1. The molecular weight excluding hydrogens is 437 g/mol. The van der Waals surface area contributed by atoms with Gasteiger partial charge in [-0.25, -0.2) is 0 Å². The maximum atomic E-state index is 13.4. The van der Waals surface area contributed by atoms with Crippen LogP contribution in [0.5, 0.6) is 0 Å². The quantitative estimate of drug-likeness (QED) is 0.278. The minimum atomic E-state index is -4.49. The fourth-order valence-corrected chi connectivity index (χ4v) is 3.78. The summed E-state index contributed by atoms with van der Waals surface area (Å²) in [6.45, 7) is 1.11. The lowest BCUT2D eigenvalue weighted by Crippen LogP contribution is -2.08. The largest absolute Gasteiger partial charge is 0.418 e. The molecule has 0 radical (unpaired) electrons. The van der Waals surface area contributed by atoms with Crippen LogP contribution < -0.4 is 0 Å². The summed E-state index contributed by atoms with van der Waals surface area (Å²) in [4.78, 5) is 8.59. The van der Waals surface area contributed by atoms with Gasteiger partial charge in [-0.15, -0.1) is 0 Å². The molecule has 0 aliphatic rings. The lowest BCUT2D eigenvalue weighted by atomic mass is 10.0. The van der Waals surface area contributed by atoms with Gasteiger partial charge in [-0.05, 0) is 42.7 Å². The average molecular weight is 457 g/mol. The van der Waals surface area contributed by atoms with Gasteiger partial charge >= 0.3 is 6.18 Å². The smallest absolute Gasteiger partial charge is 0.377 e. The molecule has 32 heavy (non-hydrogen) atoms. The molecule has 3 nitrogen and oxygen atoms in total. The summed E-state index contributed by atoms with van der Waals surface area (Å²) < 4.78 is 45.9. The van der Waals surface area contributed by atoms with Gasteiger partial charge < -0.3 is 4.74 Å². The predicted molar refractivity (Wildman–Crippen MR) is 119 cm³/mol. The number of aryl methyl sites for hydroxylation is 1. The molecule has 0 saturated heterocycles. The van der Waals surface area contributed by atoms with Crippen molar-refractivity contribution in [3.05, 3.63) is 94.8 Å². The fourth-order valence-electron chi connectivity index (χ4n) is 3.50. The van der Waals surface area contributed by atoms with E-state index in [9.17, 15) is 13.2 Å². The number of benzene rings is 2. The normalized spacial score (nSPS) is 11.8. The van der Waals surface area contributed by atoms with Crippen molar-refractivity contribution in [2.24, 2.45) is 0 Å². The van der Waals surface area contributed by atoms with E-state index in [-0.39, 0.29) is 5.69 Å². The topological polar surface area (TPSA) is 35.0 Å². The van der Waals surface area contributed by atoms with E-state index in [4.69, 9.17) is 16.3 Å². The second kappa shape index (κ2) is 9.67. The molecule has 7 heteroatoms. The van der Waals surface area contributed by atoms with Gasteiger partial charge in [0, 0.05) is 29.4 Å². The van der Waals surface area contributed by atoms with Gasteiger partial charge in [0.1, 0.15) is 0 Å². The Hall–Kier alpha value is -2.96. The Morgan fingerprint density at radius 3 is 2.53 bits per heavy atom. The first-order valence-corrected chi connectivity index (χ1v) is 10.5. The van der Waals surface area contributed by atoms with Crippen molar-refractivity contribution in [2.45, 2.75) is 25.6 Å². The summed E-state index contributed by atoms with van der Waals surface area (Å²) in [5.74, 6) is 0. The third kappa shape index (κ3) is 5.26. The molecule has 0 unspecified atom stereocenters. The number of hydrogen-bond acceptors (Lipinski definition) is 3. The average Bonchev–Trinajstić information content (AvgIpc) is 2.78. The first kappa shape index (κ1) is 22.2. The Bertz CT molecular complexity index is 1210.